The Morgan fingerprint density at radius 2 is 1.91 bits per heavy atom. The molecule has 22 heavy (non-hydrogen) atoms. The van der Waals surface area contributed by atoms with Gasteiger partial charge in [-0.25, -0.2) is 0 Å². The number of hydrogen-bond acceptors (Lipinski definition) is 3. The van der Waals surface area contributed by atoms with Gasteiger partial charge in [0.1, 0.15) is 0 Å². The second-order valence-electron chi connectivity index (χ2n) is 4.96. The highest BCUT2D eigenvalue weighted by Crippen LogP contribution is 2.27. The first-order valence-electron chi connectivity index (χ1n) is 6.83. The number of carbonyl (C=O) groups is 1. The number of rotatable bonds is 5. The van der Waals surface area contributed by atoms with Crippen LogP contribution in [0, 0.1) is 13.8 Å². The number of anilines is 1. The molecule has 5 heteroatoms. The summed E-state index contributed by atoms with van der Waals surface area (Å²) in [5.74, 6) is 0.942. The quantitative estimate of drug-likeness (QED) is 0.869. The fourth-order valence-corrected chi connectivity index (χ4v) is 2.28. The minimum Gasteiger partial charge on any atom is -0.493 e. The molecule has 0 bridgehead atoms. The van der Waals surface area contributed by atoms with Crippen LogP contribution in [0.2, 0.25) is 0 Å². The van der Waals surface area contributed by atoms with Gasteiger partial charge in [0.25, 0.3) is 5.91 Å². The lowest BCUT2D eigenvalue weighted by Crippen LogP contribution is -2.20. The topological polar surface area (TPSA) is 47.6 Å². The molecule has 0 unspecified atom stereocenters. The van der Waals surface area contributed by atoms with Gasteiger partial charge in [-0.2, -0.15) is 0 Å². The summed E-state index contributed by atoms with van der Waals surface area (Å²) < 4.78 is 11.7. The maximum atomic E-state index is 12.0. The van der Waals surface area contributed by atoms with Gasteiger partial charge in [0.2, 0.25) is 0 Å². The molecule has 0 aromatic heterocycles. The number of amides is 1. The van der Waals surface area contributed by atoms with Gasteiger partial charge in [0.05, 0.1) is 7.11 Å². The molecule has 0 spiro atoms. The highest BCUT2D eigenvalue weighted by atomic mass is 79.9. The van der Waals surface area contributed by atoms with E-state index in [1.165, 1.54) is 0 Å². The van der Waals surface area contributed by atoms with Gasteiger partial charge >= 0.3 is 0 Å². The predicted molar refractivity (Wildman–Crippen MR) is 90.7 cm³/mol. The smallest absolute Gasteiger partial charge is 0.262 e. The molecule has 116 valence electrons. The Labute approximate surface area is 138 Å². The van der Waals surface area contributed by atoms with Crippen molar-refractivity contribution in [2.24, 2.45) is 0 Å². The molecular weight excluding hydrogens is 346 g/mol. The monoisotopic (exact) mass is 363 g/mol. The summed E-state index contributed by atoms with van der Waals surface area (Å²) in [5, 5.41) is 2.79. The van der Waals surface area contributed by atoms with E-state index in [2.05, 4.69) is 21.2 Å². The molecule has 0 heterocycles. The first-order chi connectivity index (χ1) is 10.5. The van der Waals surface area contributed by atoms with Crippen molar-refractivity contribution >= 4 is 27.5 Å². The third kappa shape index (κ3) is 4.24. The van der Waals surface area contributed by atoms with E-state index in [1.807, 2.05) is 44.2 Å². The summed E-state index contributed by atoms with van der Waals surface area (Å²) in [4.78, 5) is 12.0. The number of hydrogen-bond donors (Lipinski definition) is 1. The van der Waals surface area contributed by atoms with Gasteiger partial charge in [0, 0.05) is 10.2 Å². The van der Waals surface area contributed by atoms with E-state index < -0.39 is 0 Å². The molecule has 2 aromatic rings. The Balaban J connectivity index is 1.96. The van der Waals surface area contributed by atoms with Crippen molar-refractivity contribution in [3.63, 3.8) is 0 Å². The summed E-state index contributed by atoms with van der Waals surface area (Å²) >= 11 is 3.44. The predicted octanol–water partition coefficient (Wildman–Crippen LogP) is 4.09. The Morgan fingerprint density at radius 3 is 2.59 bits per heavy atom. The van der Waals surface area contributed by atoms with Crippen LogP contribution in [0.1, 0.15) is 11.1 Å². The molecule has 2 aromatic carbocycles. The average Bonchev–Trinajstić information content (AvgIpc) is 2.49. The van der Waals surface area contributed by atoms with Crippen molar-refractivity contribution in [2.45, 2.75) is 13.8 Å². The lowest BCUT2D eigenvalue weighted by Gasteiger charge is -2.11. The molecule has 0 aliphatic rings. The van der Waals surface area contributed by atoms with Crippen LogP contribution in [0.25, 0.3) is 0 Å². The molecule has 0 aliphatic carbocycles. The minimum atomic E-state index is -0.224. The van der Waals surface area contributed by atoms with E-state index in [9.17, 15) is 4.79 Å². The second kappa shape index (κ2) is 7.31. The zero-order valence-electron chi connectivity index (χ0n) is 12.8. The third-order valence-electron chi connectivity index (χ3n) is 3.13. The molecule has 4 nitrogen and oxygen atoms in total. The molecule has 0 atom stereocenters. The third-order valence-corrected chi connectivity index (χ3v) is 3.99. The molecule has 1 N–H and O–H groups in total. The number of benzene rings is 2. The van der Waals surface area contributed by atoms with Gasteiger partial charge in [0.15, 0.2) is 18.1 Å². The SMILES string of the molecule is COc1cc(C)ccc1OCC(=O)Nc1ccc(C)c(Br)c1. The normalized spacial score (nSPS) is 10.2. The molecule has 0 aliphatic heterocycles. The van der Waals surface area contributed by atoms with Gasteiger partial charge in [-0.05, 0) is 49.2 Å². The molecule has 1 amide bonds. The van der Waals surface area contributed by atoms with Gasteiger partial charge in [-0.3, -0.25) is 4.79 Å². The molecule has 0 saturated heterocycles. The largest absolute Gasteiger partial charge is 0.493 e. The number of carbonyl (C=O) groups excluding carboxylic acids is 1. The van der Waals surface area contributed by atoms with E-state index in [0.717, 1.165) is 21.3 Å². The van der Waals surface area contributed by atoms with Crippen molar-refractivity contribution in [3.05, 3.63) is 52.0 Å². The summed E-state index contributed by atoms with van der Waals surface area (Å²) in [6, 6.07) is 11.2. The van der Waals surface area contributed by atoms with Gasteiger partial charge in [-0.15, -0.1) is 0 Å². The first-order valence-corrected chi connectivity index (χ1v) is 7.62. The second-order valence-corrected chi connectivity index (χ2v) is 5.81. The Hall–Kier alpha value is -2.01. The van der Waals surface area contributed by atoms with Crippen molar-refractivity contribution in [2.75, 3.05) is 19.0 Å². The molecule has 0 fully saturated rings. The number of halogens is 1. The van der Waals surface area contributed by atoms with Crippen LogP contribution in [0.5, 0.6) is 11.5 Å². The summed E-state index contributed by atoms with van der Waals surface area (Å²) in [5.41, 5.74) is 2.90. The van der Waals surface area contributed by atoms with Crippen LogP contribution in [0.15, 0.2) is 40.9 Å². The molecule has 0 saturated carbocycles. The van der Waals surface area contributed by atoms with Crippen molar-refractivity contribution in [3.8, 4) is 11.5 Å². The van der Waals surface area contributed by atoms with E-state index in [4.69, 9.17) is 9.47 Å². The number of methoxy groups -OCH3 is 1. The number of ether oxygens (including phenoxy) is 2. The highest BCUT2D eigenvalue weighted by molar-refractivity contribution is 9.10. The van der Waals surface area contributed by atoms with Crippen LogP contribution in [-0.4, -0.2) is 19.6 Å². The van der Waals surface area contributed by atoms with E-state index >= 15 is 0 Å². The fourth-order valence-electron chi connectivity index (χ4n) is 1.91. The highest BCUT2D eigenvalue weighted by Gasteiger charge is 2.08. The Bertz CT molecular complexity index is 686. The van der Waals surface area contributed by atoms with Crippen LogP contribution >= 0.6 is 15.9 Å². The average molecular weight is 364 g/mol. The standard InChI is InChI=1S/C17H18BrNO3/c1-11-4-7-15(16(8-11)21-3)22-10-17(20)19-13-6-5-12(2)14(18)9-13/h4-9H,10H2,1-3H3,(H,19,20). The zero-order valence-corrected chi connectivity index (χ0v) is 14.4. The van der Waals surface area contributed by atoms with Gasteiger partial charge in [-0.1, -0.05) is 28.1 Å². The van der Waals surface area contributed by atoms with E-state index in [-0.39, 0.29) is 12.5 Å². The number of nitrogens with one attached hydrogen (secondary N) is 1. The van der Waals surface area contributed by atoms with E-state index in [0.29, 0.717) is 11.5 Å². The first kappa shape index (κ1) is 16.4. The van der Waals surface area contributed by atoms with Crippen LogP contribution in [-0.2, 0) is 4.79 Å². The zero-order chi connectivity index (χ0) is 16.1. The lowest BCUT2D eigenvalue weighted by atomic mass is 10.2. The van der Waals surface area contributed by atoms with Crippen LogP contribution in [0.3, 0.4) is 0 Å². The molecular formula is C17H18BrNO3. The lowest BCUT2D eigenvalue weighted by molar-refractivity contribution is -0.118. The van der Waals surface area contributed by atoms with Crippen molar-refractivity contribution in [1.82, 2.24) is 0 Å². The van der Waals surface area contributed by atoms with E-state index in [1.54, 1.807) is 13.2 Å². The molecule has 0 radical (unpaired) electrons. The van der Waals surface area contributed by atoms with Gasteiger partial charge < -0.3 is 14.8 Å². The number of aryl methyl sites for hydroxylation is 2. The Kier molecular flexibility index (Phi) is 5.44. The minimum absolute atomic E-state index is 0.0785. The fraction of sp³-hybridized carbons (Fsp3) is 0.235. The molecule has 2 rings (SSSR count). The Morgan fingerprint density at radius 1 is 1.14 bits per heavy atom. The summed E-state index contributed by atoms with van der Waals surface area (Å²) in [6.45, 7) is 3.88. The maximum Gasteiger partial charge on any atom is 0.262 e. The van der Waals surface area contributed by atoms with Crippen molar-refractivity contribution in [1.29, 1.82) is 0 Å². The van der Waals surface area contributed by atoms with Crippen molar-refractivity contribution < 1.29 is 14.3 Å². The maximum absolute atomic E-state index is 12.0. The summed E-state index contributed by atoms with van der Waals surface area (Å²) in [7, 11) is 1.57. The van der Waals surface area contributed by atoms with Crippen LogP contribution < -0.4 is 14.8 Å². The summed E-state index contributed by atoms with van der Waals surface area (Å²) in [6.07, 6.45) is 0. The van der Waals surface area contributed by atoms with Crippen LogP contribution in [0.4, 0.5) is 5.69 Å².